The van der Waals surface area contributed by atoms with Crippen molar-refractivity contribution in [2.24, 2.45) is 0 Å². The second-order valence-corrected chi connectivity index (χ2v) is 6.27. The number of halogens is 2. The van der Waals surface area contributed by atoms with E-state index in [1.165, 1.54) is 6.33 Å². The van der Waals surface area contributed by atoms with Gasteiger partial charge in [-0.05, 0) is 36.2 Å². The van der Waals surface area contributed by atoms with Gasteiger partial charge in [-0.2, -0.15) is 5.10 Å². The van der Waals surface area contributed by atoms with Crippen molar-refractivity contribution < 1.29 is 9.47 Å². The molecule has 6 nitrogen and oxygen atoms in total. The molecular formula is C18H18Cl2N4O2. The number of H-pyrrole nitrogens is 1. The van der Waals surface area contributed by atoms with Crippen molar-refractivity contribution in [3.05, 3.63) is 63.9 Å². The molecule has 0 atom stereocenters. The Hall–Kier alpha value is -2.44. The number of aromatic nitrogens is 3. The average Bonchev–Trinajstić information content (AvgIpc) is 3.15. The molecule has 3 aromatic rings. The molecule has 0 aliphatic heterocycles. The third-order valence-corrected chi connectivity index (χ3v) is 4.19. The average molecular weight is 393 g/mol. The van der Waals surface area contributed by atoms with Gasteiger partial charge in [-0.25, -0.2) is 10.1 Å². The number of hydrogen-bond acceptors (Lipinski definition) is 5. The van der Waals surface area contributed by atoms with Crippen LogP contribution >= 0.6 is 23.2 Å². The molecule has 2 N–H and O–H groups in total. The Morgan fingerprint density at radius 3 is 2.54 bits per heavy atom. The molecular weight excluding hydrogens is 375 g/mol. The zero-order valence-corrected chi connectivity index (χ0v) is 15.6. The van der Waals surface area contributed by atoms with Crippen molar-refractivity contribution in [3.8, 4) is 11.5 Å². The van der Waals surface area contributed by atoms with Crippen LogP contribution < -0.4 is 14.8 Å². The first-order valence-corrected chi connectivity index (χ1v) is 8.83. The lowest BCUT2D eigenvalue weighted by atomic mass is 10.2. The summed E-state index contributed by atoms with van der Waals surface area (Å²) in [6, 6.07) is 11.1. The van der Waals surface area contributed by atoms with Crippen LogP contribution in [-0.2, 0) is 13.2 Å². The van der Waals surface area contributed by atoms with Crippen molar-refractivity contribution >= 4 is 29.2 Å². The second-order valence-electron chi connectivity index (χ2n) is 5.43. The summed E-state index contributed by atoms with van der Waals surface area (Å²) >= 11 is 12.3. The van der Waals surface area contributed by atoms with E-state index in [0.717, 1.165) is 11.1 Å². The lowest BCUT2D eigenvalue weighted by Crippen LogP contribution is -2.04. The lowest BCUT2D eigenvalue weighted by molar-refractivity contribution is 0.269. The molecule has 0 aliphatic rings. The van der Waals surface area contributed by atoms with Crippen LogP contribution in [0, 0.1) is 0 Å². The maximum atomic E-state index is 6.40. The minimum absolute atomic E-state index is 0.392. The van der Waals surface area contributed by atoms with Gasteiger partial charge in [-0.1, -0.05) is 35.3 Å². The Morgan fingerprint density at radius 1 is 1.08 bits per heavy atom. The van der Waals surface area contributed by atoms with Crippen molar-refractivity contribution in [1.29, 1.82) is 0 Å². The van der Waals surface area contributed by atoms with Crippen molar-refractivity contribution in [2.45, 2.75) is 20.1 Å². The van der Waals surface area contributed by atoms with Gasteiger partial charge in [-0.3, -0.25) is 0 Å². The van der Waals surface area contributed by atoms with Gasteiger partial charge in [0, 0.05) is 22.7 Å². The molecule has 0 radical (unpaired) electrons. The molecule has 0 saturated heterocycles. The molecule has 1 aromatic heterocycles. The van der Waals surface area contributed by atoms with Crippen LogP contribution in [0.2, 0.25) is 10.0 Å². The van der Waals surface area contributed by atoms with Crippen LogP contribution in [0.3, 0.4) is 0 Å². The van der Waals surface area contributed by atoms with E-state index in [1.807, 2.05) is 37.3 Å². The predicted octanol–water partition coefficient (Wildman–Crippen LogP) is 4.70. The second kappa shape index (κ2) is 8.78. The third kappa shape index (κ3) is 4.80. The number of benzene rings is 2. The van der Waals surface area contributed by atoms with E-state index >= 15 is 0 Å². The summed E-state index contributed by atoms with van der Waals surface area (Å²) in [6.07, 6.45) is 1.43. The fraction of sp³-hybridized carbons (Fsp3) is 0.222. The fourth-order valence-corrected chi connectivity index (χ4v) is 2.65. The lowest BCUT2D eigenvalue weighted by Gasteiger charge is -2.15. The molecule has 26 heavy (non-hydrogen) atoms. The van der Waals surface area contributed by atoms with E-state index in [4.69, 9.17) is 32.7 Å². The fourth-order valence-electron chi connectivity index (χ4n) is 2.31. The summed E-state index contributed by atoms with van der Waals surface area (Å²) in [7, 11) is 0. The Bertz CT molecular complexity index is 839. The highest BCUT2D eigenvalue weighted by Crippen LogP contribution is 2.34. The third-order valence-electron chi connectivity index (χ3n) is 3.58. The Labute approximate surface area is 161 Å². The first-order chi connectivity index (χ1) is 12.7. The Balaban J connectivity index is 1.73. The summed E-state index contributed by atoms with van der Waals surface area (Å²) in [4.78, 5) is 4.02. The van der Waals surface area contributed by atoms with E-state index in [0.29, 0.717) is 47.3 Å². The molecule has 3 rings (SSSR count). The molecule has 0 aliphatic carbocycles. The van der Waals surface area contributed by atoms with Gasteiger partial charge in [0.15, 0.2) is 11.5 Å². The van der Waals surface area contributed by atoms with E-state index in [9.17, 15) is 0 Å². The van der Waals surface area contributed by atoms with Gasteiger partial charge < -0.3 is 14.8 Å². The maximum absolute atomic E-state index is 6.40. The van der Waals surface area contributed by atoms with E-state index in [1.54, 1.807) is 6.07 Å². The van der Waals surface area contributed by atoms with E-state index in [2.05, 4.69) is 20.5 Å². The summed E-state index contributed by atoms with van der Waals surface area (Å²) in [5.41, 5.74) is 1.87. The SMILES string of the molecule is CCOc1cc(CNc2ncn[nH]2)c(Cl)cc1OCc1ccc(Cl)cc1. The first kappa shape index (κ1) is 18.4. The maximum Gasteiger partial charge on any atom is 0.218 e. The molecule has 2 aromatic carbocycles. The summed E-state index contributed by atoms with van der Waals surface area (Å²) < 4.78 is 11.6. The molecule has 136 valence electrons. The van der Waals surface area contributed by atoms with Gasteiger partial charge in [0.2, 0.25) is 5.95 Å². The molecule has 0 fully saturated rings. The number of aromatic amines is 1. The van der Waals surface area contributed by atoms with Crippen LogP contribution in [0.4, 0.5) is 5.95 Å². The first-order valence-electron chi connectivity index (χ1n) is 8.07. The number of rotatable bonds is 8. The number of anilines is 1. The van der Waals surface area contributed by atoms with Crippen molar-refractivity contribution in [3.63, 3.8) is 0 Å². The standard InChI is InChI=1S/C18H18Cl2N4O2/c1-2-25-16-7-13(9-21-18-22-11-23-24-18)15(20)8-17(16)26-10-12-3-5-14(19)6-4-12/h3-8,11H,2,9-10H2,1H3,(H2,21,22,23,24). The number of hydrogen-bond donors (Lipinski definition) is 2. The van der Waals surface area contributed by atoms with E-state index in [-0.39, 0.29) is 0 Å². The molecule has 0 saturated carbocycles. The zero-order chi connectivity index (χ0) is 18.4. The van der Waals surface area contributed by atoms with E-state index < -0.39 is 0 Å². The highest BCUT2D eigenvalue weighted by atomic mass is 35.5. The van der Waals surface area contributed by atoms with Gasteiger partial charge in [0.05, 0.1) is 6.61 Å². The number of nitrogens with one attached hydrogen (secondary N) is 2. The van der Waals surface area contributed by atoms with Gasteiger partial charge in [-0.15, -0.1) is 0 Å². The molecule has 0 spiro atoms. The quantitative estimate of drug-likeness (QED) is 0.580. The minimum atomic E-state index is 0.392. The highest BCUT2D eigenvalue weighted by Gasteiger charge is 2.12. The van der Waals surface area contributed by atoms with Gasteiger partial charge in [0.25, 0.3) is 0 Å². The monoisotopic (exact) mass is 392 g/mol. The highest BCUT2D eigenvalue weighted by molar-refractivity contribution is 6.31. The predicted molar refractivity (Wildman–Crippen MR) is 102 cm³/mol. The molecule has 0 amide bonds. The topological polar surface area (TPSA) is 72.1 Å². The minimum Gasteiger partial charge on any atom is -0.490 e. The summed E-state index contributed by atoms with van der Waals surface area (Å²) in [6.45, 7) is 3.31. The van der Waals surface area contributed by atoms with Crippen LogP contribution in [0.1, 0.15) is 18.1 Å². The van der Waals surface area contributed by atoms with Gasteiger partial charge >= 0.3 is 0 Å². The number of nitrogens with zero attached hydrogens (tertiary/aromatic N) is 2. The van der Waals surface area contributed by atoms with Gasteiger partial charge in [0.1, 0.15) is 12.9 Å². The van der Waals surface area contributed by atoms with Crippen molar-refractivity contribution in [2.75, 3.05) is 11.9 Å². The van der Waals surface area contributed by atoms with Crippen LogP contribution in [-0.4, -0.2) is 21.8 Å². The molecule has 8 heteroatoms. The molecule has 1 heterocycles. The largest absolute Gasteiger partial charge is 0.490 e. The molecule has 0 bridgehead atoms. The summed E-state index contributed by atoms with van der Waals surface area (Å²) in [5.74, 6) is 1.80. The number of ether oxygens (including phenoxy) is 2. The molecule has 0 unspecified atom stereocenters. The Morgan fingerprint density at radius 2 is 1.85 bits per heavy atom. The van der Waals surface area contributed by atoms with Crippen molar-refractivity contribution in [1.82, 2.24) is 15.2 Å². The zero-order valence-electron chi connectivity index (χ0n) is 14.1. The van der Waals surface area contributed by atoms with Crippen LogP contribution in [0.5, 0.6) is 11.5 Å². The summed E-state index contributed by atoms with van der Waals surface area (Å²) in [5, 5.41) is 10.9. The van der Waals surface area contributed by atoms with Crippen LogP contribution in [0.25, 0.3) is 0 Å². The van der Waals surface area contributed by atoms with Crippen LogP contribution in [0.15, 0.2) is 42.7 Å². The normalized spacial score (nSPS) is 10.6. The Kier molecular flexibility index (Phi) is 6.20. The smallest absolute Gasteiger partial charge is 0.218 e.